The van der Waals surface area contributed by atoms with Gasteiger partial charge >= 0.3 is 5.97 Å². The lowest BCUT2D eigenvalue weighted by Gasteiger charge is -2.42. The van der Waals surface area contributed by atoms with E-state index in [1.165, 1.54) is 18.2 Å². The highest BCUT2D eigenvalue weighted by molar-refractivity contribution is 6.74. The molecule has 1 aromatic heterocycles. The van der Waals surface area contributed by atoms with Gasteiger partial charge in [0, 0.05) is 23.7 Å². The molecule has 0 spiro atoms. The van der Waals surface area contributed by atoms with Crippen molar-refractivity contribution in [1.82, 2.24) is 9.78 Å². The number of hydrogen-bond donors (Lipinski definition) is 0. The lowest BCUT2D eigenvalue weighted by molar-refractivity contribution is -0.0755. The number of aryl methyl sites for hydroxylation is 1. The van der Waals surface area contributed by atoms with Gasteiger partial charge in [-0.3, -0.25) is 4.68 Å². The molecular weight excluding hydrogens is 597 g/mol. The molecule has 1 aliphatic rings. The summed E-state index contributed by atoms with van der Waals surface area (Å²) >= 11 is 0. The van der Waals surface area contributed by atoms with Crippen LogP contribution in [0.3, 0.4) is 0 Å². The van der Waals surface area contributed by atoms with E-state index in [1.807, 2.05) is 29.9 Å². The summed E-state index contributed by atoms with van der Waals surface area (Å²) < 4.78 is 33.0. The molecule has 0 bridgehead atoms. The number of aromatic nitrogens is 2. The van der Waals surface area contributed by atoms with E-state index in [0.717, 1.165) is 40.9 Å². The molecule has 0 saturated heterocycles. The van der Waals surface area contributed by atoms with Gasteiger partial charge in [0.15, 0.2) is 8.32 Å². The van der Waals surface area contributed by atoms with E-state index in [9.17, 15) is 4.79 Å². The predicted molar refractivity (Wildman–Crippen MR) is 184 cm³/mol. The van der Waals surface area contributed by atoms with Gasteiger partial charge in [-0.05, 0) is 79.2 Å². The van der Waals surface area contributed by atoms with Crippen LogP contribution >= 0.6 is 0 Å². The number of carbonyl (C=O) groups is 1. The Morgan fingerprint density at radius 1 is 0.978 bits per heavy atom. The van der Waals surface area contributed by atoms with Crippen molar-refractivity contribution < 1.29 is 28.2 Å². The summed E-state index contributed by atoms with van der Waals surface area (Å²) in [5, 5.41) is 5.68. The largest absolute Gasteiger partial charge is 0.496 e. The number of benzene rings is 3. The summed E-state index contributed by atoms with van der Waals surface area (Å²) in [5.74, 6) is 1.10. The smallest absolute Gasteiger partial charge is 0.340 e. The van der Waals surface area contributed by atoms with E-state index in [4.69, 9.17) is 28.5 Å². The lowest BCUT2D eigenvalue weighted by atomic mass is 9.99. The minimum Gasteiger partial charge on any atom is -0.496 e. The minimum atomic E-state index is -2.30. The number of rotatable bonds is 12. The maximum absolute atomic E-state index is 12.5. The number of ether oxygens (including phenoxy) is 4. The normalized spacial score (nSPS) is 15.1. The van der Waals surface area contributed by atoms with Gasteiger partial charge in [-0.2, -0.15) is 5.10 Å². The zero-order valence-corrected chi connectivity index (χ0v) is 29.7. The third kappa shape index (κ3) is 7.01. The molecule has 9 heteroatoms. The van der Waals surface area contributed by atoms with Crippen LogP contribution < -0.4 is 9.47 Å². The molecule has 2 atom stereocenters. The molecular formula is C37H48N2O6Si. The van der Waals surface area contributed by atoms with Crippen LogP contribution in [0.2, 0.25) is 18.1 Å². The summed E-state index contributed by atoms with van der Waals surface area (Å²) in [4.78, 5) is 12.5. The average molecular weight is 645 g/mol. The maximum Gasteiger partial charge on any atom is 0.340 e. The van der Waals surface area contributed by atoms with Crippen molar-refractivity contribution in [3.63, 3.8) is 0 Å². The highest BCUT2D eigenvalue weighted by Crippen LogP contribution is 2.44. The van der Waals surface area contributed by atoms with Gasteiger partial charge in [-0.25, -0.2) is 4.79 Å². The Labute approximate surface area is 274 Å². The molecule has 3 aromatic carbocycles. The molecule has 5 rings (SSSR count). The van der Waals surface area contributed by atoms with Crippen LogP contribution in [0.15, 0.2) is 60.8 Å². The summed E-state index contributed by atoms with van der Waals surface area (Å²) in [7, 11) is 2.46. The van der Waals surface area contributed by atoms with E-state index in [2.05, 4.69) is 70.3 Å². The molecule has 246 valence electrons. The average Bonchev–Trinajstić information content (AvgIpc) is 3.64. The predicted octanol–water partition coefficient (Wildman–Crippen LogP) is 7.85. The van der Waals surface area contributed by atoms with Crippen molar-refractivity contribution in [1.29, 1.82) is 0 Å². The third-order valence-corrected chi connectivity index (χ3v) is 14.1. The van der Waals surface area contributed by atoms with Crippen LogP contribution in [0.1, 0.15) is 65.9 Å². The van der Waals surface area contributed by atoms with Crippen molar-refractivity contribution >= 4 is 25.2 Å². The molecule has 4 aromatic rings. The summed E-state index contributed by atoms with van der Waals surface area (Å²) in [6.07, 6.45) is 3.65. The summed E-state index contributed by atoms with van der Waals surface area (Å²) in [6, 6.07) is 18.3. The third-order valence-electron chi connectivity index (χ3n) is 9.68. The molecule has 0 fully saturated rings. The fraction of sp³-hybridized carbons (Fsp3) is 0.459. The fourth-order valence-electron chi connectivity index (χ4n) is 6.02. The first-order chi connectivity index (χ1) is 21.8. The second kappa shape index (κ2) is 13.6. The molecule has 46 heavy (non-hydrogen) atoms. The van der Waals surface area contributed by atoms with Gasteiger partial charge in [-0.1, -0.05) is 57.2 Å². The van der Waals surface area contributed by atoms with Gasteiger partial charge < -0.3 is 23.4 Å². The first-order valence-electron chi connectivity index (χ1n) is 16.0. The Morgan fingerprint density at radius 2 is 1.61 bits per heavy atom. The van der Waals surface area contributed by atoms with Gasteiger partial charge in [0.05, 0.1) is 45.2 Å². The molecule has 1 aliphatic carbocycles. The van der Waals surface area contributed by atoms with Gasteiger partial charge in [0.1, 0.15) is 17.0 Å². The van der Waals surface area contributed by atoms with E-state index < -0.39 is 14.3 Å². The van der Waals surface area contributed by atoms with Crippen LogP contribution in [0.5, 0.6) is 11.5 Å². The van der Waals surface area contributed by atoms with Gasteiger partial charge in [0.25, 0.3) is 0 Å². The van der Waals surface area contributed by atoms with Crippen molar-refractivity contribution in [3.8, 4) is 11.5 Å². The molecule has 0 radical (unpaired) electrons. The maximum atomic E-state index is 12.5. The van der Waals surface area contributed by atoms with Crippen molar-refractivity contribution in [2.24, 2.45) is 0 Å². The number of carbonyl (C=O) groups excluding carboxylic acids is 1. The molecule has 0 unspecified atom stereocenters. The second-order valence-corrected chi connectivity index (χ2v) is 18.5. The zero-order valence-electron chi connectivity index (χ0n) is 28.7. The van der Waals surface area contributed by atoms with E-state index >= 15 is 0 Å². The lowest BCUT2D eigenvalue weighted by Crippen LogP contribution is -2.45. The Hall–Kier alpha value is -3.66. The number of methoxy groups -OCH3 is 3. The monoisotopic (exact) mass is 644 g/mol. The Bertz CT molecular complexity index is 1640. The summed E-state index contributed by atoms with van der Waals surface area (Å²) in [6.45, 7) is 13.9. The Balaban J connectivity index is 1.55. The van der Waals surface area contributed by atoms with Crippen LogP contribution in [-0.4, -0.2) is 57.6 Å². The quantitative estimate of drug-likeness (QED) is 0.115. The highest BCUT2D eigenvalue weighted by Gasteiger charge is 2.42. The van der Waals surface area contributed by atoms with Gasteiger partial charge in [0.2, 0.25) is 0 Å². The number of hydrogen-bond acceptors (Lipinski definition) is 7. The number of nitrogens with zero attached hydrogens (tertiary/aromatic N) is 2. The Kier molecular flexibility index (Phi) is 9.96. The van der Waals surface area contributed by atoms with Crippen molar-refractivity contribution in [2.45, 2.75) is 89.9 Å². The zero-order chi connectivity index (χ0) is 33.2. The number of fused-ring (bicyclic) bond motifs is 2. The van der Waals surface area contributed by atoms with E-state index in [0.29, 0.717) is 24.0 Å². The number of esters is 1. The molecule has 0 amide bonds. The van der Waals surface area contributed by atoms with Crippen LogP contribution in [0.25, 0.3) is 10.9 Å². The van der Waals surface area contributed by atoms with E-state index in [1.54, 1.807) is 20.3 Å². The standard InChI is InChI=1S/C37H48N2O6Si/c1-24-32(41-5)21-28(22-33(24)42-6)35(45-46(8,9)37(2,3)4)31(44-29-19-25-13-10-11-14-26(25)20-29)17-18-39-23-27-15-12-16-30(34(27)38-39)36(40)43-7/h10-16,21-23,29,31,35H,17-20H2,1-9H3/t31-,35+/m0/s1. The van der Waals surface area contributed by atoms with Crippen molar-refractivity contribution in [2.75, 3.05) is 21.3 Å². The van der Waals surface area contributed by atoms with Crippen LogP contribution in [-0.2, 0) is 33.3 Å². The topological polar surface area (TPSA) is 81.0 Å². The molecule has 8 nitrogen and oxygen atoms in total. The molecule has 0 N–H and O–H groups in total. The molecule has 0 aliphatic heterocycles. The van der Waals surface area contributed by atoms with Crippen LogP contribution in [0, 0.1) is 6.92 Å². The Morgan fingerprint density at radius 3 is 2.17 bits per heavy atom. The first kappa shape index (κ1) is 33.7. The van der Waals surface area contributed by atoms with Crippen molar-refractivity contribution in [3.05, 3.63) is 88.6 Å². The molecule has 0 saturated carbocycles. The highest BCUT2D eigenvalue weighted by atomic mass is 28.4. The van der Waals surface area contributed by atoms with Gasteiger partial charge in [-0.15, -0.1) is 0 Å². The SMILES string of the molecule is COC(=O)c1cccc2cn(CC[C@H](OC3Cc4ccccc4C3)[C@H](O[Si](C)(C)C(C)(C)C)c3cc(OC)c(C)c(OC)c3)nc12. The minimum absolute atomic E-state index is 0.0183. The molecule has 1 heterocycles. The van der Waals surface area contributed by atoms with E-state index in [-0.39, 0.29) is 23.4 Å². The fourth-order valence-corrected chi connectivity index (χ4v) is 7.30. The second-order valence-electron chi connectivity index (χ2n) is 13.7. The first-order valence-corrected chi connectivity index (χ1v) is 18.9. The summed E-state index contributed by atoms with van der Waals surface area (Å²) in [5.41, 5.74) is 5.64. The van der Waals surface area contributed by atoms with Crippen LogP contribution in [0.4, 0.5) is 0 Å².